The van der Waals surface area contributed by atoms with E-state index in [0.29, 0.717) is 6.42 Å². The topological polar surface area (TPSA) is 77.8 Å². The molecule has 0 radical (unpaired) electrons. The highest BCUT2D eigenvalue weighted by Gasteiger charge is 2.14. The van der Waals surface area contributed by atoms with Crippen molar-refractivity contribution in [2.24, 2.45) is 0 Å². The van der Waals surface area contributed by atoms with Gasteiger partial charge in [0.15, 0.2) is 0 Å². The first-order valence-corrected chi connectivity index (χ1v) is 7.16. The predicted octanol–water partition coefficient (Wildman–Crippen LogP) is 2.35. The Balaban J connectivity index is 2.36. The normalized spacial score (nSPS) is 10.3. The van der Waals surface area contributed by atoms with Gasteiger partial charge in [-0.25, -0.2) is 0 Å². The number of hydrogen-bond donors (Lipinski definition) is 1. The van der Waals surface area contributed by atoms with Crippen LogP contribution in [0.2, 0.25) is 0 Å². The highest BCUT2D eigenvalue weighted by molar-refractivity contribution is 5.72. The van der Waals surface area contributed by atoms with Gasteiger partial charge in [-0.3, -0.25) is 9.59 Å². The zero-order valence-electron chi connectivity index (χ0n) is 13.1. The molecule has 0 aliphatic heterocycles. The van der Waals surface area contributed by atoms with Crippen LogP contribution in [-0.4, -0.2) is 35.8 Å². The molecule has 0 saturated heterocycles. The van der Waals surface area contributed by atoms with E-state index in [2.05, 4.69) is 0 Å². The second-order valence-corrected chi connectivity index (χ2v) is 4.99. The fourth-order valence-electron chi connectivity index (χ4n) is 2.36. The summed E-state index contributed by atoms with van der Waals surface area (Å²) in [5.74, 6) is -0.514. The lowest BCUT2D eigenvalue weighted by atomic mass is 10.1. The Kier molecular flexibility index (Phi) is 5.41. The van der Waals surface area contributed by atoms with E-state index in [9.17, 15) is 9.59 Å². The van der Waals surface area contributed by atoms with E-state index in [-0.39, 0.29) is 18.9 Å². The molecule has 6 heteroatoms. The maximum Gasteiger partial charge on any atom is 0.325 e. The number of aliphatic carboxylic acids is 1. The van der Waals surface area contributed by atoms with Gasteiger partial charge in [0.1, 0.15) is 12.3 Å². The maximum atomic E-state index is 11.7. The molecule has 0 spiro atoms. The van der Waals surface area contributed by atoms with E-state index in [0.717, 1.165) is 22.7 Å². The van der Waals surface area contributed by atoms with Gasteiger partial charge in [0.05, 0.1) is 20.6 Å². The number of methoxy groups -OCH3 is 2. The van der Waals surface area contributed by atoms with E-state index in [4.69, 9.17) is 14.6 Å². The van der Waals surface area contributed by atoms with Gasteiger partial charge in [0.25, 0.3) is 0 Å². The average molecular weight is 317 g/mol. The van der Waals surface area contributed by atoms with Crippen molar-refractivity contribution in [2.45, 2.75) is 19.4 Å². The van der Waals surface area contributed by atoms with Gasteiger partial charge >= 0.3 is 11.9 Å². The molecule has 122 valence electrons. The van der Waals surface area contributed by atoms with Crippen molar-refractivity contribution in [3.05, 3.63) is 42.1 Å². The Bertz CT molecular complexity index is 688. The molecule has 0 fully saturated rings. The summed E-state index contributed by atoms with van der Waals surface area (Å²) in [6.45, 7) is 0.0415. The van der Waals surface area contributed by atoms with E-state index in [1.165, 1.54) is 7.11 Å². The molecular formula is C17H19NO5. The summed E-state index contributed by atoms with van der Waals surface area (Å²) in [5, 5.41) is 8.86. The zero-order chi connectivity index (χ0) is 16.8. The Hall–Kier alpha value is -2.76. The number of nitrogens with zero attached hydrogens (tertiary/aromatic N) is 1. The summed E-state index contributed by atoms with van der Waals surface area (Å²) >= 11 is 0. The summed E-state index contributed by atoms with van der Waals surface area (Å²) < 4.78 is 11.7. The maximum absolute atomic E-state index is 11.7. The first-order valence-electron chi connectivity index (χ1n) is 7.16. The number of carbonyl (C=O) groups is 2. The van der Waals surface area contributed by atoms with Crippen molar-refractivity contribution in [3.63, 3.8) is 0 Å². The summed E-state index contributed by atoms with van der Waals surface area (Å²) in [5.41, 5.74) is 2.53. The second-order valence-electron chi connectivity index (χ2n) is 4.99. The molecule has 0 amide bonds. The first-order chi connectivity index (χ1) is 11.0. The molecule has 0 atom stereocenters. The van der Waals surface area contributed by atoms with E-state index < -0.39 is 5.97 Å². The quantitative estimate of drug-likeness (QED) is 0.793. The van der Waals surface area contributed by atoms with Gasteiger partial charge in [-0.05, 0) is 48.4 Å². The van der Waals surface area contributed by atoms with Crippen molar-refractivity contribution >= 4 is 11.9 Å². The number of carboxylic acid groups (broad SMARTS) is 1. The Morgan fingerprint density at radius 1 is 1.09 bits per heavy atom. The van der Waals surface area contributed by atoms with Gasteiger partial charge in [-0.1, -0.05) is 0 Å². The zero-order valence-corrected chi connectivity index (χ0v) is 13.1. The van der Waals surface area contributed by atoms with Gasteiger partial charge in [0, 0.05) is 11.4 Å². The van der Waals surface area contributed by atoms with E-state index in [1.807, 2.05) is 36.4 Å². The van der Waals surface area contributed by atoms with Crippen molar-refractivity contribution in [3.8, 4) is 17.0 Å². The Morgan fingerprint density at radius 3 is 2.35 bits per heavy atom. The lowest BCUT2D eigenvalue weighted by molar-refractivity contribution is -0.141. The Morgan fingerprint density at radius 2 is 1.78 bits per heavy atom. The molecule has 1 aromatic carbocycles. The molecule has 0 unspecified atom stereocenters. The fourth-order valence-corrected chi connectivity index (χ4v) is 2.36. The molecule has 1 N–H and O–H groups in total. The number of aromatic nitrogens is 1. The molecule has 0 aliphatic rings. The summed E-state index contributed by atoms with van der Waals surface area (Å²) in [6, 6.07) is 11.2. The fraction of sp³-hybridized carbons (Fsp3) is 0.294. The third-order valence-corrected chi connectivity index (χ3v) is 3.57. The minimum atomic E-state index is -0.873. The second kappa shape index (κ2) is 7.49. The summed E-state index contributed by atoms with van der Waals surface area (Å²) in [6.07, 6.45) is 0.357. The number of aryl methyl sites for hydroxylation is 1. The SMILES string of the molecule is COC(=O)Cn1c(CCC(=O)O)ccc1-c1ccc(OC)cc1. The van der Waals surface area contributed by atoms with Crippen molar-refractivity contribution in [1.29, 1.82) is 0 Å². The molecule has 1 aromatic heterocycles. The van der Waals surface area contributed by atoms with Crippen LogP contribution in [0.4, 0.5) is 0 Å². The van der Waals surface area contributed by atoms with Crippen LogP contribution in [0.5, 0.6) is 5.75 Å². The molecule has 23 heavy (non-hydrogen) atoms. The molecule has 6 nitrogen and oxygen atoms in total. The lowest BCUT2D eigenvalue weighted by Gasteiger charge is -2.12. The van der Waals surface area contributed by atoms with Crippen molar-refractivity contribution in [2.75, 3.05) is 14.2 Å². The number of benzene rings is 1. The first kappa shape index (κ1) is 16.6. The summed E-state index contributed by atoms with van der Waals surface area (Å²) in [7, 11) is 2.93. The van der Waals surface area contributed by atoms with Crippen LogP contribution in [-0.2, 0) is 27.3 Å². The van der Waals surface area contributed by atoms with Crippen LogP contribution in [0, 0.1) is 0 Å². The van der Waals surface area contributed by atoms with Crippen LogP contribution >= 0.6 is 0 Å². The van der Waals surface area contributed by atoms with Crippen molar-refractivity contribution in [1.82, 2.24) is 4.57 Å². The molecule has 1 heterocycles. The third kappa shape index (κ3) is 4.12. The van der Waals surface area contributed by atoms with Crippen LogP contribution in [0.15, 0.2) is 36.4 Å². The third-order valence-electron chi connectivity index (χ3n) is 3.57. The minimum absolute atomic E-state index is 0.00718. The highest BCUT2D eigenvalue weighted by Crippen LogP contribution is 2.25. The largest absolute Gasteiger partial charge is 0.497 e. The van der Waals surface area contributed by atoms with E-state index in [1.54, 1.807) is 11.7 Å². The molecule has 0 saturated carbocycles. The van der Waals surface area contributed by atoms with Gasteiger partial charge < -0.3 is 19.1 Å². The van der Waals surface area contributed by atoms with Crippen molar-refractivity contribution < 1.29 is 24.2 Å². The Labute approximate surface area is 134 Å². The van der Waals surface area contributed by atoms with Crippen LogP contribution in [0.3, 0.4) is 0 Å². The number of carbonyl (C=O) groups excluding carboxylic acids is 1. The molecule has 2 aromatic rings. The molecule has 2 rings (SSSR count). The minimum Gasteiger partial charge on any atom is -0.497 e. The van der Waals surface area contributed by atoms with Gasteiger partial charge in [-0.2, -0.15) is 0 Å². The predicted molar refractivity (Wildman–Crippen MR) is 84.4 cm³/mol. The lowest BCUT2D eigenvalue weighted by Crippen LogP contribution is -2.15. The standard InChI is InChI=1S/C17H19NO5/c1-22-14-7-3-12(4-8-14)15-9-5-13(6-10-16(19)20)18(15)11-17(21)23-2/h3-5,7-9H,6,10-11H2,1-2H3,(H,19,20). The monoisotopic (exact) mass is 317 g/mol. The average Bonchev–Trinajstić information content (AvgIpc) is 2.95. The van der Waals surface area contributed by atoms with E-state index >= 15 is 0 Å². The van der Waals surface area contributed by atoms with Crippen LogP contribution < -0.4 is 4.74 Å². The van der Waals surface area contributed by atoms with Gasteiger partial charge in [0.2, 0.25) is 0 Å². The number of esters is 1. The number of ether oxygens (including phenoxy) is 2. The van der Waals surface area contributed by atoms with Crippen LogP contribution in [0.1, 0.15) is 12.1 Å². The number of rotatable bonds is 7. The smallest absolute Gasteiger partial charge is 0.325 e. The summed E-state index contributed by atoms with van der Waals surface area (Å²) in [4.78, 5) is 22.5. The molecular weight excluding hydrogens is 298 g/mol. The van der Waals surface area contributed by atoms with Crippen LogP contribution in [0.25, 0.3) is 11.3 Å². The molecule has 0 bridgehead atoms. The molecule has 0 aliphatic carbocycles. The highest BCUT2D eigenvalue weighted by atomic mass is 16.5. The van der Waals surface area contributed by atoms with Gasteiger partial charge in [-0.15, -0.1) is 0 Å². The number of carboxylic acids is 1. The number of hydrogen-bond acceptors (Lipinski definition) is 4.